The van der Waals surface area contributed by atoms with Gasteiger partial charge >= 0.3 is 7.12 Å². The largest absolute Gasteiger partial charge is 0.544 e. The first-order chi connectivity index (χ1) is 6.97. The first kappa shape index (κ1) is 10.7. The van der Waals surface area contributed by atoms with E-state index in [0.717, 1.165) is 16.8 Å². The van der Waals surface area contributed by atoms with Gasteiger partial charge < -0.3 is 14.1 Å². The second-order valence-corrected chi connectivity index (χ2v) is 9.13. The van der Waals surface area contributed by atoms with Crippen LogP contribution in [-0.2, 0) is 11.3 Å². The minimum Gasteiger partial charge on any atom is -0.544 e. The maximum Gasteiger partial charge on any atom is 0.491 e. The normalized spacial score (nSPS) is 15.3. The van der Waals surface area contributed by atoms with Gasteiger partial charge in [-0.3, -0.25) is 0 Å². The van der Waals surface area contributed by atoms with Crippen molar-refractivity contribution in [2.75, 3.05) is 0 Å². The van der Waals surface area contributed by atoms with Gasteiger partial charge in [-0.25, -0.2) is 0 Å². The van der Waals surface area contributed by atoms with Gasteiger partial charge in [0.1, 0.15) is 5.75 Å². The van der Waals surface area contributed by atoms with Crippen molar-refractivity contribution in [1.29, 1.82) is 0 Å². The fourth-order valence-electron chi connectivity index (χ4n) is 1.65. The van der Waals surface area contributed by atoms with Crippen LogP contribution >= 0.6 is 0 Å². The highest BCUT2D eigenvalue weighted by Crippen LogP contribution is 2.24. The molecule has 1 heterocycles. The van der Waals surface area contributed by atoms with E-state index < -0.39 is 15.4 Å². The summed E-state index contributed by atoms with van der Waals surface area (Å²) in [5.74, 6) is 0.864. The van der Waals surface area contributed by atoms with Crippen molar-refractivity contribution >= 4 is 20.9 Å². The molecule has 0 fully saturated rings. The van der Waals surface area contributed by atoms with E-state index in [2.05, 4.69) is 19.6 Å². The van der Waals surface area contributed by atoms with E-state index in [1.54, 1.807) is 0 Å². The number of hydrogen-bond donors (Lipinski definition) is 1. The zero-order chi connectivity index (χ0) is 11.1. The molecule has 1 aliphatic rings. The summed E-state index contributed by atoms with van der Waals surface area (Å²) in [6, 6.07) is 5.72. The molecule has 1 aliphatic heterocycles. The average Bonchev–Trinajstić information content (AvgIpc) is 2.47. The highest BCUT2D eigenvalue weighted by molar-refractivity contribution is 6.70. The molecule has 0 aromatic heterocycles. The van der Waals surface area contributed by atoms with Crippen molar-refractivity contribution in [3.63, 3.8) is 0 Å². The Morgan fingerprint density at radius 3 is 2.80 bits per heavy atom. The molecule has 0 saturated heterocycles. The van der Waals surface area contributed by atoms with Gasteiger partial charge in [-0.15, -0.1) is 0 Å². The summed E-state index contributed by atoms with van der Waals surface area (Å²) in [4.78, 5) is 0. The summed E-state index contributed by atoms with van der Waals surface area (Å²) in [7, 11) is -2.39. The van der Waals surface area contributed by atoms with E-state index in [-0.39, 0.29) is 0 Å². The van der Waals surface area contributed by atoms with Crippen LogP contribution < -0.4 is 9.89 Å². The molecule has 5 heteroatoms. The molecule has 0 radical (unpaired) electrons. The maximum atomic E-state index is 9.54. The monoisotopic (exact) mass is 222 g/mol. The Hall–Kier alpha value is -0.778. The van der Waals surface area contributed by atoms with E-state index in [9.17, 15) is 5.02 Å². The predicted octanol–water partition coefficient (Wildman–Crippen LogP) is 1.12. The molecule has 0 atom stereocenters. The van der Waals surface area contributed by atoms with Crippen LogP contribution in [0.15, 0.2) is 18.2 Å². The standard InChI is InChI=1S/C10H15BO3Si/c1-15(2,3)14-10-6-4-5-9-8(10)7-13-11(9)12/h4-6,12H,7H2,1-3H3. The molecule has 0 unspecified atom stereocenters. The second-order valence-electron chi connectivity index (χ2n) is 4.70. The number of fused-ring (bicyclic) bond motifs is 1. The predicted molar refractivity (Wildman–Crippen MR) is 62.8 cm³/mol. The van der Waals surface area contributed by atoms with Crippen LogP contribution in [0.2, 0.25) is 19.6 Å². The van der Waals surface area contributed by atoms with Crippen molar-refractivity contribution in [2.24, 2.45) is 0 Å². The molecule has 0 aliphatic carbocycles. The average molecular weight is 222 g/mol. The third-order valence-corrected chi connectivity index (χ3v) is 3.07. The lowest BCUT2D eigenvalue weighted by atomic mass is 9.79. The Morgan fingerprint density at radius 2 is 2.13 bits per heavy atom. The summed E-state index contributed by atoms with van der Waals surface area (Å²) in [5, 5.41) is 9.54. The molecule has 3 nitrogen and oxygen atoms in total. The Morgan fingerprint density at radius 1 is 1.40 bits per heavy atom. The zero-order valence-electron chi connectivity index (χ0n) is 9.28. The van der Waals surface area contributed by atoms with Crippen LogP contribution in [0.5, 0.6) is 5.75 Å². The minimum atomic E-state index is -1.60. The molecule has 0 bridgehead atoms. The smallest absolute Gasteiger partial charge is 0.491 e. The van der Waals surface area contributed by atoms with E-state index >= 15 is 0 Å². The summed E-state index contributed by atoms with van der Waals surface area (Å²) in [5.41, 5.74) is 1.83. The summed E-state index contributed by atoms with van der Waals surface area (Å²) in [6.45, 7) is 6.85. The lowest BCUT2D eigenvalue weighted by Gasteiger charge is -2.21. The first-order valence-corrected chi connectivity index (χ1v) is 8.49. The molecule has 1 aromatic carbocycles. The number of rotatable bonds is 2. The van der Waals surface area contributed by atoms with Gasteiger partial charge in [0.25, 0.3) is 0 Å². The molecule has 2 rings (SSSR count). The molecule has 0 spiro atoms. The van der Waals surface area contributed by atoms with E-state index in [1.165, 1.54) is 0 Å². The van der Waals surface area contributed by atoms with Crippen LogP contribution in [0.3, 0.4) is 0 Å². The van der Waals surface area contributed by atoms with Crippen molar-refractivity contribution in [3.8, 4) is 5.75 Å². The fraction of sp³-hybridized carbons (Fsp3) is 0.400. The van der Waals surface area contributed by atoms with Crippen molar-refractivity contribution in [3.05, 3.63) is 23.8 Å². The highest BCUT2D eigenvalue weighted by Gasteiger charge is 2.30. The van der Waals surface area contributed by atoms with Gasteiger partial charge in [-0.2, -0.15) is 0 Å². The Kier molecular flexibility index (Phi) is 2.62. The number of hydrogen-bond acceptors (Lipinski definition) is 3. The van der Waals surface area contributed by atoms with Crippen LogP contribution in [0.25, 0.3) is 0 Å². The van der Waals surface area contributed by atoms with Crippen LogP contribution in [0.4, 0.5) is 0 Å². The van der Waals surface area contributed by atoms with Gasteiger partial charge in [-0.05, 0) is 31.2 Å². The SMILES string of the molecule is C[Si](C)(C)Oc1cccc2c1COB2O. The lowest BCUT2D eigenvalue weighted by molar-refractivity contribution is 0.273. The molecule has 80 valence electrons. The Labute approximate surface area is 91.3 Å². The summed E-state index contributed by atoms with van der Waals surface area (Å²) >= 11 is 0. The number of benzene rings is 1. The van der Waals surface area contributed by atoms with E-state index in [1.807, 2.05) is 18.2 Å². The molecule has 0 amide bonds. The maximum absolute atomic E-state index is 9.54. The van der Waals surface area contributed by atoms with Gasteiger partial charge in [0, 0.05) is 5.56 Å². The molecule has 0 saturated carbocycles. The third kappa shape index (κ3) is 2.25. The van der Waals surface area contributed by atoms with Gasteiger partial charge in [-0.1, -0.05) is 12.1 Å². The first-order valence-electron chi connectivity index (χ1n) is 5.08. The fourth-order valence-corrected chi connectivity index (χ4v) is 2.50. The quantitative estimate of drug-likeness (QED) is 0.762. The van der Waals surface area contributed by atoms with Gasteiger partial charge in [0.2, 0.25) is 8.32 Å². The molecule has 1 N–H and O–H groups in total. The minimum absolute atomic E-state index is 0.442. The highest BCUT2D eigenvalue weighted by atomic mass is 28.4. The summed E-state index contributed by atoms with van der Waals surface area (Å²) < 4.78 is 11.1. The van der Waals surface area contributed by atoms with E-state index in [4.69, 9.17) is 9.08 Å². The second kappa shape index (κ2) is 3.66. The van der Waals surface area contributed by atoms with Crippen molar-refractivity contribution in [1.82, 2.24) is 0 Å². The Balaban J connectivity index is 2.34. The summed E-state index contributed by atoms with van der Waals surface area (Å²) in [6.07, 6.45) is 0. The molecular weight excluding hydrogens is 207 g/mol. The molecular formula is C10H15BO3Si. The van der Waals surface area contributed by atoms with Gasteiger partial charge in [0.15, 0.2) is 0 Å². The molecule has 1 aromatic rings. The Bertz CT molecular complexity index is 375. The molecule has 15 heavy (non-hydrogen) atoms. The lowest BCUT2D eigenvalue weighted by Crippen LogP contribution is -2.32. The zero-order valence-corrected chi connectivity index (χ0v) is 10.3. The van der Waals surface area contributed by atoms with Crippen LogP contribution in [-0.4, -0.2) is 20.5 Å². The van der Waals surface area contributed by atoms with Crippen LogP contribution in [0.1, 0.15) is 5.56 Å². The third-order valence-electron chi connectivity index (χ3n) is 2.24. The van der Waals surface area contributed by atoms with Crippen LogP contribution in [0, 0.1) is 0 Å². The van der Waals surface area contributed by atoms with Crippen molar-refractivity contribution in [2.45, 2.75) is 26.2 Å². The topological polar surface area (TPSA) is 38.7 Å². The van der Waals surface area contributed by atoms with Gasteiger partial charge in [0.05, 0.1) is 6.61 Å². The van der Waals surface area contributed by atoms with E-state index in [0.29, 0.717) is 6.61 Å². The van der Waals surface area contributed by atoms with Crippen molar-refractivity contribution < 1.29 is 14.1 Å².